The number of ether oxygens (including phenoxy) is 1. The Bertz CT molecular complexity index is 548. The Labute approximate surface area is 111 Å². The van der Waals surface area contributed by atoms with Gasteiger partial charge in [0.25, 0.3) is 0 Å². The first-order valence-corrected chi connectivity index (χ1v) is 6.24. The van der Waals surface area contributed by atoms with Gasteiger partial charge < -0.3 is 9.64 Å². The van der Waals surface area contributed by atoms with Gasteiger partial charge in [-0.3, -0.25) is 4.98 Å². The molecule has 3 heterocycles. The van der Waals surface area contributed by atoms with Gasteiger partial charge in [0.05, 0.1) is 19.4 Å². The van der Waals surface area contributed by atoms with Gasteiger partial charge in [-0.05, 0) is 13.0 Å². The summed E-state index contributed by atoms with van der Waals surface area (Å²) in [5.41, 5.74) is 0.953. The van der Waals surface area contributed by atoms with Crippen LogP contribution in [0.3, 0.4) is 0 Å². The first kappa shape index (κ1) is 12.0. The minimum Gasteiger partial charge on any atom is -0.377 e. The predicted octanol–water partition coefficient (Wildman–Crippen LogP) is 1.15. The molecular formula is C13H15N5O. The molecule has 0 spiro atoms. The fraction of sp³-hybridized carbons (Fsp3) is 0.385. The normalized spacial score (nSPS) is 19.4. The third-order valence-corrected chi connectivity index (χ3v) is 3.08. The van der Waals surface area contributed by atoms with Crippen molar-refractivity contribution in [1.29, 1.82) is 0 Å². The van der Waals surface area contributed by atoms with E-state index in [1.807, 2.05) is 13.0 Å². The van der Waals surface area contributed by atoms with Crippen LogP contribution in [0.2, 0.25) is 0 Å². The number of aryl methyl sites for hydroxylation is 1. The molecule has 0 amide bonds. The highest BCUT2D eigenvalue weighted by molar-refractivity contribution is 5.38. The maximum Gasteiger partial charge on any atom is 0.153 e. The molecule has 6 nitrogen and oxygen atoms in total. The molecule has 1 aliphatic rings. The third-order valence-electron chi connectivity index (χ3n) is 3.08. The zero-order chi connectivity index (χ0) is 13.1. The molecule has 0 saturated carbocycles. The summed E-state index contributed by atoms with van der Waals surface area (Å²) < 4.78 is 5.56. The van der Waals surface area contributed by atoms with E-state index < -0.39 is 0 Å². The van der Waals surface area contributed by atoms with E-state index in [-0.39, 0.29) is 6.04 Å². The van der Waals surface area contributed by atoms with Crippen LogP contribution in [0, 0.1) is 6.92 Å². The van der Waals surface area contributed by atoms with Gasteiger partial charge in [0.15, 0.2) is 5.82 Å². The molecule has 0 aromatic carbocycles. The van der Waals surface area contributed by atoms with E-state index >= 15 is 0 Å². The molecule has 0 radical (unpaired) electrons. The first-order chi connectivity index (χ1) is 9.34. The molecule has 98 valence electrons. The highest BCUT2D eigenvalue weighted by atomic mass is 16.5. The van der Waals surface area contributed by atoms with Crippen molar-refractivity contribution in [3.8, 4) is 0 Å². The van der Waals surface area contributed by atoms with Crippen LogP contribution in [0.5, 0.6) is 0 Å². The van der Waals surface area contributed by atoms with E-state index in [1.54, 1.807) is 24.8 Å². The van der Waals surface area contributed by atoms with Crippen LogP contribution in [0.25, 0.3) is 0 Å². The summed E-state index contributed by atoms with van der Waals surface area (Å²) in [6.45, 7) is 3.97. The molecule has 1 aliphatic heterocycles. The van der Waals surface area contributed by atoms with Gasteiger partial charge in [-0.15, -0.1) is 0 Å². The Morgan fingerprint density at radius 2 is 2.21 bits per heavy atom. The molecular weight excluding hydrogens is 242 g/mol. The fourth-order valence-electron chi connectivity index (χ4n) is 2.16. The Morgan fingerprint density at radius 1 is 1.26 bits per heavy atom. The second-order valence-corrected chi connectivity index (χ2v) is 4.40. The molecule has 1 atom stereocenters. The molecule has 0 unspecified atom stereocenters. The number of anilines is 1. The largest absolute Gasteiger partial charge is 0.377 e. The minimum atomic E-state index is -0.00894. The highest BCUT2D eigenvalue weighted by Gasteiger charge is 2.28. The van der Waals surface area contributed by atoms with Crippen LogP contribution < -0.4 is 4.90 Å². The second kappa shape index (κ2) is 5.27. The summed E-state index contributed by atoms with van der Waals surface area (Å²) in [5.74, 6) is 1.60. The van der Waals surface area contributed by atoms with Crippen LogP contribution in [0.4, 0.5) is 5.82 Å². The van der Waals surface area contributed by atoms with E-state index in [2.05, 4.69) is 24.8 Å². The van der Waals surface area contributed by atoms with Crippen molar-refractivity contribution in [2.75, 3.05) is 24.7 Å². The van der Waals surface area contributed by atoms with Crippen LogP contribution in [-0.2, 0) is 4.74 Å². The number of hydrogen-bond donors (Lipinski definition) is 0. The Balaban J connectivity index is 1.93. The topological polar surface area (TPSA) is 64.0 Å². The van der Waals surface area contributed by atoms with Crippen LogP contribution in [0.1, 0.15) is 17.6 Å². The average Bonchev–Trinajstić information content (AvgIpc) is 2.48. The van der Waals surface area contributed by atoms with E-state index in [1.165, 1.54) is 0 Å². The summed E-state index contributed by atoms with van der Waals surface area (Å²) in [6.07, 6.45) is 6.90. The van der Waals surface area contributed by atoms with E-state index in [0.29, 0.717) is 13.2 Å². The molecule has 2 aromatic heterocycles. The third kappa shape index (κ3) is 2.53. The monoisotopic (exact) mass is 257 g/mol. The quantitative estimate of drug-likeness (QED) is 0.804. The van der Waals surface area contributed by atoms with Crippen LogP contribution in [0.15, 0.2) is 30.9 Å². The SMILES string of the molecule is Cc1ccnc([C@@H]2COCCN2c2cnccn2)n1. The summed E-state index contributed by atoms with van der Waals surface area (Å²) >= 11 is 0. The molecule has 6 heteroatoms. The van der Waals surface area contributed by atoms with Crippen molar-refractivity contribution in [3.05, 3.63) is 42.4 Å². The van der Waals surface area contributed by atoms with Gasteiger partial charge >= 0.3 is 0 Å². The number of aromatic nitrogens is 4. The molecule has 1 fully saturated rings. The van der Waals surface area contributed by atoms with Crippen LogP contribution in [-0.4, -0.2) is 39.7 Å². The van der Waals surface area contributed by atoms with Crippen molar-refractivity contribution >= 4 is 5.82 Å². The number of hydrogen-bond acceptors (Lipinski definition) is 6. The molecule has 2 aromatic rings. The first-order valence-electron chi connectivity index (χ1n) is 6.24. The van der Waals surface area contributed by atoms with Gasteiger partial charge in [-0.2, -0.15) is 0 Å². The van der Waals surface area contributed by atoms with Crippen molar-refractivity contribution < 1.29 is 4.74 Å². The van der Waals surface area contributed by atoms with Gasteiger partial charge in [0, 0.05) is 30.8 Å². The maximum atomic E-state index is 5.56. The molecule has 0 bridgehead atoms. The lowest BCUT2D eigenvalue weighted by Gasteiger charge is -2.35. The zero-order valence-electron chi connectivity index (χ0n) is 10.7. The lowest BCUT2D eigenvalue weighted by molar-refractivity contribution is 0.0912. The number of morpholine rings is 1. The van der Waals surface area contributed by atoms with Crippen molar-refractivity contribution in [2.45, 2.75) is 13.0 Å². The lowest BCUT2D eigenvalue weighted by atomic mass is 10.2. The number of rotatable bonds is 2. The van der Waals surface area contributed by atoms with Gasteiger partial charge in [0.2, 0.25) is 0 Å². The van der Waals surface area contributed by atoms with Gasteiger partial charge in [-0.1, -0.05) is 0 Å². The molecule has 19 heavy (non-hydrogen) atoms. The fourth-order valence-corrected chi connectivity index (χ4v) is 2.16. The maximum absolute atomic E-state index is 5.56. The van der Waals surface area contributed by atoms with Crippen molar-refractivity contribution in [2.24, 2.45) is 0 Å². The standard InChI is InChI=1S/C13H15N5O/c1-10-2-3-16-13(17-10)11-9-19-7-6-18(11)12-8-14-4-5-15-12/h2-5,8,11H,6-7,9H2,1H3/t11-/m0/s1. The van der Waals surface area contributed by atoms with E-state index in [4.69, 9.17) is 4.74 Å². The summed E-state index contributed by atoms with van der Waals surface area (Å²) in [4.78, 5) is 19.5. The highest BCUT2D eigenvalue weighted by Crippen LogP contribution is 2.25. The van der Waals surface area contributed by atoms with Crippen molar-refractivity contribution in [3.63, 3.8) is 0 Å². The zero-order valence-corrected chi connectivity index (χ0v) is 10.7. The number of nitrogens with zero attached hydrogens (tertiary/aromatic N) is 5. The Hall–Kier alpha value is -2.08. The van der Waals surface area contributed by atoms with E-state index in [0.717, 1.165) is 23.9 Å². The van der Waals surface area contributed by atoms with Gasteiger partial charge in [0.1, 0.15) is 11.9 Å². The lowest BCUT2D eigenvalue weighted by Crippen LogP contribution is -2.41. The Morgan fingerprint density at radius 3 is 3.00 bits per heavy atom. The van der Waals surface area contributed by atoms with Gasteiger partial charge in [-0.25, -0.2) is 15.0 Å². The summed E-state index contributed by atoms with van der Waals surface area (Å²) in [5, 5.41) is 0. The predicted molar refractivity (Wildman–Crippen MR) is 69.7 cm³/mol. The second-order valence-electron chi connectivity index (χ2n) is 4.40. The average molecular weight is 257 g/mol. The molecule has 1 saturated heterocycles. The smallest absolute Gasteiger partial charge is 0.153 e. The summed E-state index contributed by atoms with van der Waals surface area (Å²) in [6, 6.07) is 1.88. The summed E-state index contributed by atoms with van der Waals surface area (Å²) in [7, 11) is 0. The minimum absolute atomic E-state index is 0.00894. The van der Waals surface area contributed by atoms with Crippen molar-refractivity contribution in [1.82, 2.24) is 19.9 Å². The molecule has 0 N–H and O–H groups in total. The van der Waals surface area contributed by atoms with E-state index in [9.17, 15) is 0 Å². The molecule has 3 rings (SSSR count). The Kier molecular flexibility index (Phi) is 3.33. The molecule has 0 aliphatic carbocycles. The van der Waals surface area contributed by atoms with Crippen LogP contribution >= 0.6 is 0 Å².